The third-order valence-corrected chi connectivity index (χ3v) is 5.82. The second-order valence-electron chi connectivity index (χ2n) is 6.94. The number of carbonyl (C=O) groups is 1. The number of H-pyrrole nitrogens is 2. The molecule has 0 radical (unpaired) electrons. The lowest BCUT2D eigenvalue weighted by molar-refractivity contribution is -0.113. The maximum Gasteiger partial charge on any atom is 0.323 e. The van der Waals surface area contributed by atoms with Crippen LogP contribution in [0.5, 0.6) is 11.5 Å². The van der Waals surface area contributed by atoms with E-state index in [-0.39, 0.29) is 23.5 Å². The molecule has 0 unspecified atom stereocenters. The summed E-state index contributed by atoms with van der Waals surface area (Å²) in [5.41, 5.74) is 1.62. The molecule has 1 aliphatic rings. The molecule has 2 aromatic carbocycles. The van der Waals surface area contributed by atoms with Gasteiger partial charge in [-0.3, -0.25) is 4.79 Å². The number of thioether (sulfide) groups is 1. The van der Waals surface area contributed by atoms with Crippen molar-refractivity contribution in [1.29, 1.82) is 0 Å². The SMILES string of the molecule is Cn1c(SCC(=O)Nc2ccc3[nH]c(=O)[nH]c3c2)nnc1[C@H]1COc2ccccc2O1. The minimum Gasteiger partial charge on any atom is -0.485 e. The largest absolute Gasteiger partial charge is 0.485 e. The topological polar surface area (TPSA) is 127 Å². The normalized spacial score (nSPS) is 15.2. The molecule has 2 aromatic heterocycles. The van der Waals surface area contributed by atoms with E-state index in [2.05, 4.69) is 25.5 Å². The van der Waals surface area contributed by atoms with Crippen LogP contribution in [-0.4, -0.2) is 43.0 Å². The number of amides is 1. The van der Waals surface area contributed by atoms with E-state index in [1.165, 1.54) is 11.8 Å². The standard InChI is InChI=1S/C20H18N6O4S/c1-26-18(16-9-29-14-4-2-3-5-15(14)30-16)24-25-20(26)31-10-17(27)21-11-6-7-12-13(8-11)23-19(28)22-12/h2-8,16H,9-10H2,1H3,(H,21,27)(H2,22,23,28)/t16-/m1/s1. The minimum atomic E-state index is -0.384. The summed E-state index contributed by atoms with van der Waals surface area (Å²) in [6.07, 6.45) is -0.384. The number of hydrogen-bond acceptors (Lipinski definition) is 7. The number of benzene rings is 2. The van der Waals surface area contributed by atoms with Crippen molar-refractivity contribution in [2.24, 2.45) is 7.05 Å². The molecule has 5 rings (SSSR count). The maximum atomic E-state index is 12.4. The monoisotopic (exact) mass is 438 g/mol. The van der Waals surface area contributed by atoms with E-state index in [1.54, 1.807) is 22.8 Å². The van der Waals surface area contributed by atoms with Gasteiger partial charge in [-0.25, -0.2) is 4.79 Å². The van der Waals surface area contributed by atoms with E-state index in [4.69, 9.17) is 9.47 Å². The summed E-state index contributed by atoms with van der Waals surface area (Å²) in [7, 11) is 1.83. The van der Waals surface area contributed by atoms with Gasteiger partial charge in [0.25, 0.3) is 0 Å². The zero-order valence-corrected chi connectivity index (χ0v) is 17.2. The number of ether oxygens (including phenoxy) is 2. The predicted molar refractivity (Wildman–Crippen MR) is 115 cm³/mol. The maximum absolute atomic E-state index is 12.4. The summed E-state index contributed by atoms with van der Waals surface area (Å²) < 4.78 is 13.5. The van der Waals surface area contributed by atoms with E-state index >= 15 is 0 Å². The van der Waals surface area contributed by atoms with E-state index < -0.39 is 0 Å². The van der Waals surface area contributed by atoms with Gasteiger partial charge in [0, 0.05) is 12.7 Å². The van der Waals surface area contributed by atoms with E-state index in [9.17, 15) is 9.59 Å². The Bertz CT molecular complexity index is 1330. The molecule has 4 aromatic rings. The third-order valence-electron chi connectivity index (χ3n) is 4.80. The first-order valence-electron chi connectivity index (χ1n) is 9.49. The molecule has 0 spiro atoms. The number of aromatic nitrogens is 5. The second-order valence-corrected chi connectivity index (χ2v) is 7.88. The molecular formula is C20H18N6O4S. The number of para-hydroxylation sites is 2. The fraction of sp³-hybridized carbons (Fsp3) is 0.200. The van der Waals surface area contributed by atoms with Crippen LogP contribution in [-0.2, 0) is 11.8 Å². The third kappa shape index (κ3) is 3.87. The van der Waals surface area contributed by atoms with Gasteiger partial charge in [0.15, 0.2) is 28.6 Å². The van der Waals surface area contributed by atoms with Crippen molar-refractivity contribution >= 4 is 34.4 Å². The highest BCUT2D eigenvalue weighted by molar-refractivity contribution is 7.99. The Morgan fingerprint density at radius 3 is 2.87 bits per heavy atom. The summed E-state index contributed by atoms with van der Waals surface area (Å²) in [4.78, 5) is 29.1. The van der Waals surface area contributed by atoms with Gasteiger partial charge >= 0.3 is 5.69 Å². The van der Waals surface area contributed by atoms with Crippen LogP contribution in [0.2, 0.25) is 0 Å². The molecule has 0 saturated heterocycles. The fourth-order valence-corrected chi connectivity index (χ4v) is 4.03. The van der Waals surface area contributed by atoms with Crippen molar-refractivity contribution < 1.29 is 14.3 Å². The minimum absolute atomic E-state index is 0.151. The quantitative estimate of drug-likeness (QED) is 0.408. The fourth-order valence-electron chi connectivity index (χ4n) is 3.32. The van der Waals surface area contributed by atoms with Crippen molar-refractivity contribution in [3.63, 3.8) is 0 Å². The molecule has 31 heavy (non-hydrogen) atoms. The van der Waals surface area contributed by atoms with E-state index in [0.29, 0.717) is 45.8 Å². The lowest BCUT2D eigenvalue weighted by Gasteiger charge is -2.25. The zero-order chi connectivity index (χ0) is 21.4. The number of anilines is 1. The molecule has 0 saturated carbocycles. The first-order chi connectivity index (χ1) is 15.1. The Morgan fingerprint density at radius 1 is 1.19 bits per heavy atom. The number of nitrogens with zero attached hydrogens (tertiary/aromatic N) is 3. The first-order valence-corrected chi connectivity index (χ1v) is 10.5. The van der Waals surface area contributed by atoms with Gasteiger partial charge in [-0.2, -0.15) is 0 Å². The summed E-state index contributed by atoms with van der Waals surface area (Å²) in [5.74, 6) is 1.95. The molecule has 0 bridgehead atoms. The van der Waals surface area contributed by atoms with Crippen LogP contribution in [0, 0.1) is 0 Å². The van der Waals surface area contributed by atoms with E-state index in [0.717, 1.165) is 0 Å². The molecule has 1 atom stereocenters. The highest BCUT2D eigenvalue weighted by Crippen LogP contribution is 2.35. The van der Waals surface area contributed by atoms with Gasteiger partial charge in [-0.05, 0) is 30.3 Å². The number of imidazole rings is 1. The second kappa shape index (κ2) is 7.84. The lowest BCUT2D eigenvalue weighted by Crippen LogP contribution is -2.24. The molecule has 158 valence electrons. The van der Waals surface area contributed by atoms with Crippen LogP contribution >= 0.6 is 11.8 Å². The Kier molecular flexibility index (Phi) is 4.86. The molecular weight excluding hydrogens is 420 g/mol. The van der Waals surface area contributed by atoms with Crippen molar-refractivity contribution in [3.05, 3.63) is 58.8 Å². The number of nitrogens with one attached hydrogen (secondary N) is 3. The molecule has 11 heteroatoms. The highest BCUT2D eigenvalue weighted by Gasteiger charge is 2.27. The van der Waals surface area contributed by atoms with Gasteiger partial charge in [0.2, 0.25) is 5.91 Å². The van der Waals surface area contributed by atoms with Crippen LogP contribution in [0.1, 0.15) is 11.9 Å². The van der Waals surface area contributed by atoms with Crippen LogP contribution in [0.4, 0.5) is 5.69 Å². The number of fused-ring (bicyclic) bond motifs is 2. The van der Waals surface area contributed by atoms with Crippen LogP contribution in [0.3, 0.4) is 0 Å². The Morgan fingerprint density at radius 2 is 2.00 bits per heavy atom. The molecule has 1 amide bonds. The van der Waals surface area contributed by atoms with Gasteiger partial charge in [0.1, 0.15) is 6.61 Å². The van der Waals surface area contributed by atoms with E-state index in [1.807, 2.05) is 31.3 Å². The summed E-state index contributed by atoms with van der Waals surface area (Å²) in [6, 6.07) is 12.6. The smallest absolute Gasteiger partial charge is 0.323 e. The number of rotatable bonds is 5. The van der Waals surface area contributed by atoms with Crippen molar-refractivity contribution in [2.75, 3.05) is 17.7 Å². The number of hydrogen-bond donors (Lipinski definition) is 3. The van der Waals surface area contributed by atoms with Crippen LogP contribution in [0.15, 0.2) is 52.4 Å². The molecule has 10 nitrogen and oxygen atoms in total. The molecule has 3 heterocycles. The molecule has 0 fully saturated rings. The van der Waals surface area contributed by atoms with Crippen LogP contribution < -0.4 is 20.5 Å². The lowest BCUT2D eigenvalue weighted by atomic mass is 10.2. The highest BCUT2D eigenvalue weighted by atomic mass is 32.2. The average molecular weight is 438 g/mol. The number of aromatic amines is 2. The van der Waals surface area contributed by atoms with Gasteiger partial charge in [-0.15, -0.1) is 10.2 Å². The zero-order valence-electron chi connectivity index (χ0n) is 16.4. The van der Waals surface area contributed by atoms with Crippen LogP contribution in [0.25, 0.3) is 11.0 Å². The van der Waals surface area contributed by atoms with Crippen molar-refractivity contribution in [1.82, 2.24) is 24.7 Å². The average Bonchev–Trinajstić information content (AvgIpc) is 3.32. The van der Waals surface area contributed by atoms with Crippen molar-refractivity contribution in [2.45, 2.75) is 11.3 Å². The van der Waals surface area contributed by atoms with Crippen molar-refractivity contribution in [3.8, 4) is 11.5 Å². The summed E-state index contributed by atoms with van der Waals surface area (Å²) in [5, 5.41) is 11.8. The Labute approximate surface area is 180 Å². The molecule has 3 N–H and O–H groups in total. The predicted octanol–water partition coefficient (Wildman–Crippen LogP) is 2.23. The number of carbonyl (C=O) groups excluding carboxylic acids is 1. The van der Waals surface area contributed by atoms with Gasteiger partial charge in [-0.1, -0.05) is 23.9 Å². The Balaban J connectivity index is 1.22. The summed E-state index contributed by atoms with van der Waals surface area (Å²) >= 11 is 1.27. The molecule has 1 aliphatic heterocycles. The summed E-state index contributed by atoms with van der Waals surface area (Å²) in [6.45, 7) is 0.331. The molecule has 0 aliphatic carbocycles. The Hall–Kier alpha value is -3.73. The van der Waals surface area contributed by atoms with Gasteiger partial charge in [0.05, 0.1) is 16.8 Å². The van der Waals surface area contributed by atoms with Gasteiger partial charge < -0.3 is 29.3 Å². The first kappa shape index (κ1) is 19.2.